The van der Waals surface area contributed by atoms with E-state index in [0.717, 1.165) is 41.7 Å². The molecule has 1 atom stereocenters. The van der Waals surface area contributed by atoms with Gasteiger partial charge in [-0.2, -0.15) is 18.7 Å². The van der Waals surface area contributed by atoms with Gasteiger partial charge in [0.25, 0.3) is 0 Å². The van der Waals surface area contributed by atoms with Crippen molar-refractivity contribution in [1.82, 2.24) is 5.48 Å². The highest BCUT2D eigenvalue weighted by atomic mass is 19.4. The fourth-order valence-corrected chi connectivity index (χ4v) is 3.29. The van der Waals surface area contributed by atoms with Crippen molar-refractivity contribution < 1.29 is 18.4 Å². The molecule has 0 heterocycles. The molecule has 0 saturated carbocycles. The molecule has 0 spiro atoms. The Bertz CT molecular complexity index is 1030. The molecule has 2 nitrogen and oxygen atoms in total. The molecule has 3 rings (SSSR count). The maximum Gasteiger partial charge on any atom is 0.416 e. The van der Waals surface area contributed by atoms with Crippen molar-refractivity contribution in [1.29, 1.82) is 0 Å². The molecule has 1 unspecified atom stereocenters. The fraction of sp³-hybridized carbons (Fsp3) is 0.231. The SMILES string of the molecule is CCCc1ccc(C#Cc2ccc(CC(NO)c3ccc(C(F)(F)F)cc3)cc2)cc1. The quantitative estimate of drug-likeness (QED) is 0.359. The summed E-state index contributed by atoms with van der Waals surface area (Å²) >= 11 is 0. The molecule has 2 N–H and O–H groups in total. The van der Waals surface area contributed by atoms with Crippen LogP contribution in [0, 0.1) is 11.8 Å². The van der Waals surface area contributed by atoms with E-state index in [9.17, 15) is 18.4 Å². The second kappa shape index (κ2) is 10.3. The van der Waals surface area contributed by atoms with Crippen molar-refractivity contribution in [3.05, 3.63) is 106 Å². The zero-order valence-corrected chi connectivity index (χ0v) is 17.2. The fourth-order valence-electron chi connectivity index (χ4n) is 3.29. The van der Waals surface area contributed by atoms with Crippen molar-refractivity contribution in [2.24, 2.45) is 0 Å². The highest BCUT2D eigenvalue weighted by molar-refractivity contribution is 5.44. The number of hydrogen-bond donors (Lipinski definition) is 2. The predicted octanol–water partition coefficient (Wildman–Crippen LogP) is 6.32. The molecular formula is C26H24F3NO. The Balaban J connectivity index is 1.65. The lowest BCUT2D eigenvalue weighted by Gasteiger charge is -2.16. The number of alkyl halides is 3. The van der Waals surface area contributed by atoms with Gasteiger partial charge in [0.05, 0.1) is 11.6 Å². The summed E-state index contributed by atoms with van der Waals surface area (Å²) in [4.78, 5) is 0. The Labute approximate surface area is 180 Å². The molecule has 0 aliphatic rings. The van der Waals surface area contributed by atoms with E-state index in [-0.39, 0.29) is 0 Å². The molecular weight excluding hydrogens is 399 g/mol. The standard InChI is InChI=1S/C26H24F3NO/c1-2-3-19-4-6-20(7-5-19)8-9-21-10-12-22(13-11-21)18-25(30-31)23-14-16-24(17-15-23)26(27,28)29/h4-7,10-17,25,30-31H,2-3,18H2,1H3. The molecule has 0 aliphatic carbocycles. The van der Waals surface area contributed by atoms with E-state index in [4.69, 9.17) is 0 Å². The van der Waals surface area contributed by atoms with Crippen molar-refractivity contribution in [2.75, 3.05) is 0 Å². The van der Waals surface area contributed by atoms with Gasteiger partial charge in [-0.1, -0.05) is 61.6 Å². The van der Waals surface area contributed by atoms with E-state index in [1.54, 1.807) is 0 Å². The summed E-state index contributed by atoms with van der Waals surface area (Å²) in [5, 5.41) is 9.49. The first-order chi connectivity index (χ1) is 14.9. The molecule has 31 heavy (non-hydrogen) atoms. The number of rotatable bonds is 6. The van der Waals surface area contributed by atoms with Gasteiger partial charge in [-0.3, -0.25) is 0 Å². The number of benzene rings is 3. The first-order valence-corrected chi connectivity index (χ1v) is 10.2. The second-order valence-electron chi connectivity index (χ2n) is 7.40. The van der Waals surface area contributed by atoms with Crippen LogP contribution >= 0.6 is 0 Å². The third kappa shape index (κ3) is 6.45. The molecule has 0 radical (unpaired) electrons. The van der Waals surface area contributed by atoms with Gasteiger partial charge in [-0.25, -0.2) is 0 Å². The molecule has 0 amide bonds. The van der Waals surface area contributed by atoms with Crippen LogP contribution in [0.3, 0.4) is 0 Å². The van der Waals surface area contributed by atoms with Gasteiger partial charge in [0.1, 0.15) is 0 Å². The van der Waals surface area contributed by atoms with Crippen LogP contribution in [0.25, 0.3) is 0 Å². The highest BCUT2D eigenvalue weighted by Crippen LogP contribution is 2.30. The van der Waals surface area contributed by atoms with Gasteiger partial charge in [-0.05, 0) is 65.9 Å². The van der Waals surface area contributed by atoms with Crippen molar-refractivity contribution >= 4 is 0 Å². The van der Waals surface area contributed by atoms with Gasteiger partial charge in [-0.15, -0.1) is 0 Å². The van der Waals surface area contributed by atoms with Gasteiger partial charge in [0.2, 0.25) is 0 Å². The summed E-state index contributed by atoms with van der Waals surface area (Å²) in [5.41, 5.74) is 6.11. The summed E-state index contributed by atoms with van der Waals surface area (Å²) in [5.74, 6) is 6.29. The summed E-state index contributed by atoms with van der Waals surface area (Å²) in [6, 6.07) is 20.1. The largest absolute Gasteiger partial charge is 0.416 e. The van der Waals surface area contributed by atoms with Gasteiger partial charge >= 0.3 is 6.18 Å². The lowest BCUT2D eigenvalue weighted by atomic mass is 9.98. The van der Waals surface area contributed by atoms with Gasteiger partial charge in [0.15, 0.2) is 0 Å². The van der Waals surface area contributed by atoms with Gasteiger partial charge in [0, 0.05) is 11.1 Å². The van der Waals surface area contributed by atoms with Crippen LogP contribution in [0.4, 0.5) is 13.2 Å². The molecule has 3 aromatic carbocycles. The molecule has 0 aliphatic heterocycles. The van der Waals surface area contributed by atoms with Crippen LogP contribution < -0.4 is 5.48 Å². The lowest BCUT2D eigenvalue weighted by molar-refractivity contribution is -0.137. The molecule has 0 bridgehead atoms. The van der Waals surface area contributed by atoms with E-state index in [2.05, 4.69) is 36.4 Å². The van der Waals surface area contributed by atoms with Crippen molar-refractivity contribution in [3.8, 4) is 11.8 Å². The first kappa shape index (κ1) is 22.6. The first-order valence-electron chi connectivity index (χ1n) is 10.2. The van der Waals surface area contributed by atoms with E-state index in [1.807, 2.05) is 36.4 Å². The minimum Gasteiger partial charge on any atom is -0.316 e. The minimum absolute atomic E-state index is 0.425. The van der Waals surface area contributed by atoms with Crippen molar-refractivity contribution in [3.63, 3.8) is 0 Å². The maximum absolute atomic E-state index is 12.7. The average molecular weight is 423 g/mol. The Hall–Kier alpha value is -3.07. The average Bonchev–Trinajstić information content (AvgIpc) is 2.77. The molecule has 0 fully saturated rings. The summed E-state index contributed by atoms with van der Waals surface area (Å²) < 4.78 is 38.2. The molecule has 0 aromatic heterocycles. The molecule has 3 aromatic rings. The predicted molar refractivity (Wildman–Crippen MR) is 116 cm³/mol. The zero-order valence-electron chi connectivity index (χ0n) is 17.2. The Morgan fingerprint density at radius 1 is 0.806 bits per heavy atom. The van der Waals surface area contributed by atoms with Crippen LogP contribution in [0.5, 0.6) is 0 Å². The number of hydroxylamine groups is 1. The van der Waals surface area contributed by atoms with Crippen LogP contribution in [-0.2, 0) is 19.0 Å². The smallest absolute Gasteiger partial charge is 0.316 e. The molecule has 0 saturated heterocycles. The lowest BCUT2D eigenvalue weighted by Crippen LogP contribution is -2.19. The van der Waals surface area contributed by atoms with Crippen LogP contribution in [-0.4, -0.2) is 5.21 Å². The van der Waals surface area contributed by atoms with Crippen LogP contribution in [0.2, 0.25) is 0 Å². The zero-order chi connectivity index (χ0) is 22.3. The van der Waals surface area contributed by atoms with E-state index in [1.165, 1.54) is 17.7 Å². The third-order valence-electron chi connectivity index (χ3n) is 5.03. The maximum atomic E-state index is 12.7. The van der Waals surface area contributed by atoms with Crippen LogP contribution in [0.15, 0.2) is 72.8 Å². The number of halogens is 3. The minimum atomic E-state index is -4.38. The van der Waals surface area contributed by atoms with Gasteiger partial charge < -0.3 is 5.21 Å². The normalized spacial score (nSPS) is 12.2. The highest BCUT2D eigenvalue weighted by Gasteiger charge is 2.30. The second-order valence-corrected chi connectivity index (χ2v) is 7.40. The monoisotopic (exact) mass is 423 g/mol. The van der Waals surface area contributed by atoms with E-state index in [0.29, 0.717) is 12.0 Å². The van der Waals surface area contributed by atoms with E-state index < -0.39 is 17.8 Å². The summed E-state index contributed by atoms with van der Waals surface area (Å²) in [6.07, 6.45) is -1.78. The Morgan fingerprint density at radius 3 is 1.77 bits per heavy atom. The molecule has 5 heteroatoms. The summed E-state index contributed by atoms with van der Waals surface area (Å²) in [7, 11) is 0. The Kier molecular flexibility index (Phi) is 7.51. The number of aryl methyl sites for hydroxylation is 1. The summed E-state index contributed by atoms with van der Waals surface area (Å²) in [6.45, 7) is 2.15. The Morgan fingerprint density at radius 2 is 1.32 bits per heavy atom. The van der Waals surface area contributed by atoms with E-state index >= 15 is 0 Å². The number of hydrogen-bond acceptors (Lipinski definition) is 2. The topological polar surface area (TPSA) is 32.3 Å². The number of nitrogens with one attached hydrogen (secondary N) is 1. The molecule has 160 valence electrons. The van der Waals surface area contributed by atoms with Crippen LogP contribution in [0.1, 0.15) is 52.8 Å². The third-order valence-corrected chi connectivity index (χ3v) is 5.03. The van der Waals surface area contributed by atoms with Crippen molar-refractivity contribution in [2.45, 2.75) is 38.4 Å².